The second-order valence-corrected chi connectivity index (χ2v) is 3.83. The first-order valence-electron chi connectivity index (χ1n) is 5.65. The highest BCUT2D eigenvalue weighted by molar-refractivity contribution is 5.91. The molecule has 1 N–H and O–H groups in total. The molecule has 0 heterocycles. The van der Waals surface area contributed by atoms with Crippen molar-refractivity contribution in [2.24, 2.45) is 0 Å². The van der Waals surface area contributed by atoms with Crippen LogP contribution in [0.25, 0.3) is 0 Å². The maximum Gasteiger partial charge on any atom is 0.250 e. The first-order valence-corrected chi connectivity index (χ1v) is 5.65. The van der Waals surface area contributed by atoms with Crippen LogP contribution in [0, 0.1) is 6.92 Å². The number of anilines is 1. The summed E-state index contributed by atoms with van der Waals surface area (Å²) in [6.07, 6.45) is -0.447. The van der Waals surface area contributed by atoms with E-state index in [1.54, 1.807) is 0 Å². The normalized spacial score (nSPS) is 10.7. The molecule has 100 valence electrons. The molecule has 0 radical (unpaired) electrons. The Kier molecular flexibility index (Phi) is 6.35. The SMILES string of the molecule is COC(COCC(=O)Nc1cccc(C)c1)OC. The molecule has 0 atom stereocenters. The lowest BCUT2D eigenvalue weighted by atomic mass is 10.2. The minimum Gasteiger partial charge on any atom is -0.366 e. The molecular weight excluding hydrogens is 234 g/mol. The molecule has 0 spiro atoms. The monoisotopic (exact) mass is 253 g/mol. The maximum absolute atomic E-state index is 11.6. The van der Waals surface area contributed by atoms with Gasteiger partial charge in [0.05, 0.1) is 6.61 Å². The van der Waals surface area contributed by atoms with Crippen LogP contribution in [0.5, 0.6) is 0 Å². The molecule has 0 unspecified atom stereocenters. The number of aryl methyl sites for hydroxylation is 1. The van der Waals surface area contributed by atoms with Crippen molar-refractivity contribution in [1.29, 1.82) is 0 Å². The molecule has 0 saturated heterocycles. The van der Waals surface area contributed by atoms with Gasteiger partial charge in [0.2, 0.25) is 5.91 Å². The van der Waals surface area contributed by atoms with Gasteiger partial charge in [0.15, 0.2) is 6.29 Å². The second kappa shape index (κ2) is 7.81. The van der Waals surface area contributed by atoms with Crippen molar-refractivity contribution in [3.05, 3.63) is 29.8 Å². The maximum atomic E-state index is 11.6. The highest BCUT2D eigenvalue weighted by Gasteiger charge is 2.07. The molecule has 1 aromatic carbocycles. The topological polar surface area (TPSA) is 56.8 Å². The quantitative estimate of drug-likeness (QED) is 0.749. The molecule has 1 amide bonds. The van der Waals surface area contributed by atoms with E-state index >= 15 is 0 Å². The van der Waals surface area contributed by atoms with E-state index in [0.717, 1.165) is 11.3 Å². The number of hydrogen-bond donors (Lipinski definition) is 1. The van der Waals surface area contributed by atoms with Gasteiger partial charge in [-0.3, -0.25) is 4.79 Å². The molecule has 0 aliphatic rings. The zero-order valence-corrected chi connectivity index (χ0v) is 10.9. The van der Waals surface area contributed by atoms with E-state index in [0.29, 0.717) is 0 Å². The Labute approximate surface area is 107 Å². The number of carbonyl (C=O) groups excluding carboxylic acids is 1. The fourth-order valence-electron chi connectivity index (χ4n) is 1.40. The molecule has 0 aliphatic heterocycles. The van der Waals surface area contributed by atoms with Gasteiger partial charge in [-0.2, -0.15) is 0 Å². The van der Waals surface area contributed by atoms with E-state index in [2.05, 4.69) is 5.32 Å². The predicted molar refractivity (Wildman–Crippen MR) is 68.4 cm³/mol. The summed E-state index contributed by atoms with van der Waals surface area (Å²) in [5.41, 5.74) is 1.85. The summed E-state index contributed by atoms with van der Waals surface area (Å²) < 4.78 is 15.1. The van der Waals surface area contributed by atoms with E-state index in [-0.39, 0.29) is 19.1 Å². The van der Waals surface area contributed by atoms with Gasteiger partial charge in [-0.15, -0.1) is 0 Å². The minimum atomic E-state index is -0.447. The van der Waals surface area contributed by atoms with Gasteiger partial charge in [-0.05, 0) is 24.6 Å². The van der Waals surface area contributed by atoms with Gasteiger partial charge >= 0.3 is 0 Å². The zero-order chi connectivity index (χ0) is 13.4. The number of methoxy groups -OCH3 is 2. The van der Waals surface area contributed by atoms with Crippen molar-refractivity contribution in [3.8, 4) is 0 Å². The second-order valence-electron chi connectivity index (χ2n) is 3.83. The largest absolute Gasteiger partial charge is 0.366 e. The van der Waals surface area contributed by atoms with Crippen molar-refractivity contribution in [2.45, 2.75) is 13.2 Å². The molecule has 18 heavy (non-hydrogen) atoms. The Morgan fingerprint density at radius 2 is 2.06 bits per heavy atom. The van der Waals surface area contributed by atoms with Crippen molar-refractivity contribution in [3.63, 3.8) is 0 Å². The Bertz CT molecular complexity index is 377. The Morgan fingerprint density at radius 1 is 1.33 bits per heavy atom. The van der Waals surface area contributed by atoms with E-state index < -0.39 is 6.29 Å². The first-order chi connectivity index (χ1) is 8.65. The molecule has 0 fully saturated rings. The summed E-state index contributed by atoms with van der Waals surface area (Å²) in [5.74, 6) is -0.202. The highest BCUT2D eigenvalue weighted by atomic mass is 16.7. The average Bonchev–Trinajstić information content (AvgIpc) is 2.34. The van der Waals surface area contributed by atoms with Crippen LogP contribution < -0.4 is 5.32 Å². The zero-order valence-electron chi connectivity index (χ0n) is 10.9. The van der Waals surface area contributed by atoms with Gasteiger partial charge in [0.1, 0.15) is 6.61 Å². The number of nitrogens with one attached hydrogen (secondary N) is 1. The van der Waals surface area contributed by atoms with Crippen molar-refractivity contribution >= 4 is 11.6 Å². The third-order valence-electron chi connectivity index (χ3n) is 2.31. The fourth-order valence-corrected chi connectivity index (χ4v) is 1.40. The lowest BCUT2D eigenvalue weighted by Gasteiger charge is -2.13. The number of ether oxygens (including phenoxy) is 3. The van der Waals surface area contributed by atoms with E-state index in [1.807, 2.05) is 31.2 Å². The van der Waals surface area contributed by atoms with Crippen LogP contribution in [0.15, 0.2) is 24.3 Å². The summed E-state index contributed by atoms with van der Waals surface area (Å²) >= 11 is 0. The van der Waals surface area contributed by atoms with Crippen LogP contribution in [-0.4, -0.2) is 39.6 Å². The highest BCUT2D eigenvalue weighted by Crippen LogP contribution is 2.09. The predicted octanol–water partition coefficient (Wildman–Crippen LogP) is 1.57. The summed E-state index contributed by atoms with van der Waals surface area (Å²) in [5, 5.41) is 2.75. The van der Waals surface area contributed by atoms with Gasteiger partial charge in [-0.25, -0.2) is 0 Å². The van der Waals surface area contributed by atoms with E-state index in [9.17, 15) is 4.79 Å². The smallest absolute Gasteiger partial charge is 0.250 e. The van der Waals surface area contributed by atoms with Crippen molar-refractivity contribution in [1.82, 2.24) is 0 Å². The molecule has 1 rings (SSSR count). The molecular formula is C13H19NO4. The molecule has 0 aliphatic carbocycles. The summed E-state index contributed by atoms with van der Waals surface area (Å²) in [6.45, 7) is 2.15. The summed E-state index contributed by atoms with van der Waals surface area (Å²) in [7, 11) is 3.04. The van der Waals surface area contributed by atoms with Gasteiger partial charge < -0.3 is 19.5 Å². The summed E-state index contributed by atoms with van der Waals surface area (Å²) in [6, 6.07) is 7.58. The molecule has 0 saturated carbocycles. The van der Waals surface area contributed by atoms with Crippen LogP contribution in [0.4, 0.5) is 5.69 Å². The van der Waals surface area contributed by atoms with E-state index in [4.69, 9.17) is 14.2 Å². The molecule has 5 nitrogen and oxygen atoms in total. The number of amides is 1. The summed E-state index contributed by atoms with van der Waals surface area (Å²) in [4.78, 5) is 11.6. The van der Waals surface area contributed by atoms with Crippen LogP contribution in [-0.2, 0) is 19.0 Å². The standard InChI is InChI=1S/C13H19NO4/c1-10-5-4-6-11(7-10)14-12(15)8-18-9-13(16-2)17-3/h4-7,13H,8-9H2,1-3H3,(H,14,15). The molecule has 1 aromatic rings. The molecule has 0 aromatic heterocycles. The third-order valence-corrected chi connectivity index (χ3v) is 2.31. The lowest BCUT2D eigenvalue weighted by molar-refractivity contribution is -0.146. The van der Waals surface area contributed by atoms with Crippen LogP contribution >= 0.6 is 0 Å². The fraction of sp³-hybridized carbons (Fsp3) is 0.462. The van der Waals surface area contributed by atoms with Gasteiger partial charge in [0, 0.05) is 19.9 Å². The third kappa shape index (κ3) is 5.27. The van der Waals surface area contributed by atoms with Crippen molar-refractivity contribution < 1.29 is 19.0 Å². The van der Waals surface area contributed by atoms with Crippen molar-refractivity contribution in [2.75, 3.05) is 32.8 Å². The Balaban J connectivity index is 2.29. The lowest BCUT2D eigenvalue weighted by Crippen LogP contribution is -2.25. The Morgan fingerprint density at radius 3 is 2.67 bits per heavy atom. The Hall–Kier alpha value is -1.43. The number of rotatable bonds is 7. The number of carbonyl (C=O) groups is 1. The number of benzene rings is 1. The molecule has 5 heteroatoms. The van der Waals surface area contributed by atoms with Crippen LogP contribution in [0.1, 0.15) is 5.56 Å². The van der Waals surface area contributed by atoms with Crippen LogP contribution in [0.2, 0.25) is 0 Å². The minimum absolute atomic E-state index is 0.0306. The first kappa shape index (κ1) is 14.6. The van der Waals surface area contributed by atoms with Crippen LogP contribution in [0.3, 0.4) is 0 Å². The van der Waals surface area contributed by atoms with E-state index in [1.165, 1.54) is 14.2 Å². The van der Waals surface area contributed by atoms with Gasteiger partial charge in [0.25, 0.3) is 0 Å². The number of hydrogen-bond acceptors (Lipinski definition) is 4. The van der Waals surface area contributed by atoms with Gasteiger partial charge in [-0.1, -0.05) is 12.1 Å². The molecule has 0 bridgehead atoms. The average molecular weight is 253 g/mol.